The summed E-state index contributed by atoms with van der Waals surface area (Å²) in [6.45, 7) is 8.97. The van der Waals surface area contributed by atoms with Crippen LogP contribution >= 0.6 is 0 Å². The first-order valence-corrected chi connectivity index (χ1v) is 10.7. The number of methoxy groups -OCH3 is 1. The molecule has 1 amide bonds. The summed E-state index contributed by atoms with van der Waals surface area (Å²) in [4.78, 5) is 18.3. The van der Waals surface area contributed by atoms with Gasteiger partial charge in [-0.15, -0.1) is 0 Å². The minimum atomic E-state index is 0.00233. The predicted octanol–water partition coefficient (Wildman–Crippen LogP) is 2.66. The first-order valence-electron chi connectivity index (χ1n) is 10.7. The number of likely N-dealkylation sites (N-methyl/N-ethyl adjacent to an activating group) is 1. The van der Waals surface area contributed by atoms with E-state index in [0.29, 0.717) is 18.4 Å². The van der Waals surface area contributed by atoms with Gasteiger partial charge in [-0.2, -0.15) is 0 Å². The first-order chi connectivity index (χ1) is 14.2. The van der Waals surface area contributed by atoms with Crippen LogP contribution in [0.4, 0.5) is 0 Å². The van der Waals surface area contributed by atoms with Crippen molar-refractivity contribution in [2.75, 3.05) is 40.9 Å². The van der Waals surface area contributed by atoms with E-state index in [0.717, 1.165) is 37.3 Å². The number of carbonyl (C=O) groups is 1. The highest BCUT2D eigenvalue weighted by Gasteiger charge is 2.35. The molecule has 168 valence electrons. The lowest BCUT2D eigenvalue weighted by molar-refractivity contribution is -0.127. The molecule has 2 unspecified atom stereocenters. The van der Waals surface area contributed by atoms with E-state index in [1.807, 2.05) is 24.3 Å². The zero-order chi connectivity index (χ0) is 22.1. The molecule has 0 bridgehead atoms. The number of benzene rings is 1. The number of nitrogens with one attached hydrogen (secondary N) is 2. The second-order valence-electron chi connectivity index (χ2n) is 9.10. The average molecular weight is 419 g/mol. The largest absolute Gasteiger partial charge is 0.497 e. The molecule has 1 aromatic rings. The van der Waals surface area contributed by atoms with Crippen molar-refractivity contribution >= 4 is 11.9 Å². The fraction of sp³-hybridized carbons (Fsp3) is 0.652. The van der Waals surface area contributed by atoms with Crippen molar-refractivity contribution in [2.24, 2.45) is 16.3 Å². The lowest BCUT2D eigenvalue weighted by Gasteiger charge is -2.40. The molecule has 0 aromatic heterocycles. The molecule has 2 atom stereocenters. The first kappa shape index (κ1) is 24.0. The van der Waals surface area contributed by atoms with Crippen LogP contribution in [0.25, 0.3) is 0 Å². The van der Waals surface area contributed by atoms with Crippen LogP contribution in [0, 0.1) is 11.3 Å². The van der Waals surface area contributed by atoms with Gasteiger partial charge in [0.25, 0.3) is 0 Å². The zero-order valence-electron chi connectivity index (χ0n) is 19.3. The third-order valence-electron chi connectivity index (χ3n) is 5.31. The molecule has 0 radical (unpaired) electrons. The van der Waals surface area contributed by atoms with Gasteiger partial charge >= 0.3 is 0 Å². The van der Waals surface area contributed by atoms with Gasteiger partial charge < -0.3 is 25.0 Å². The monoisotopic (exact) mass is 418 g/mol. The van der Waals surface area contributed by atoms with Crippen molar-refractivity contribution in [1.29, 1.82) is 0 Å². The minimum Gasteiger partial charge on any atom is -0.497 e. The Kier molecular flexibility index (Phi) is 8.96. The van der Waals surface area contributed by atoms with Crippen molar-refractivity contribution in [1.82, 2.24) is 15.5 Å². The Hall–Kier alpha value is -2.28. The topological polar surface area (TPSA) is 75.2 Å². The van der Waals surface area contributed by atoms with Gasteiger partial charge in [0.05, 0.1) is 26.3 Å². The van der Waals surface area contributed by atoms with Crippen molar-refractivity contribution in [3.8, 4) is 5.75 Å². The molecule has 2 rings (SSSR count). The molecular weight excluding hydrogens is 380 g/mol. The number of nitrogens with zero attached hydrogens (tertiary/aromatic N) is 2. The number of hydrogen-bond donors (Lipinski definition) is 2. The second-order valence-corrected chi connectivity index (χ2v) is 9.10. The Labute approximate surface area is 181 Å². The highest BCUT2D eigenvalue weighted by molar-refractivity contribution is 5.86. The smallest absolute Gasteiger partial charge is 0.241 e. The maximum atomic E-state index is 12.0. The van der Waals surface area contributed by atoms with Crippen LogP contribution in [-0.2, 0) is 16.1 Å². The molecule has 1 heterocycles. The number of carbonyl (C=O) groups excluding carboxylic acids is 1. The SMILES string of the molecule is COc1ccc(CN=C(NCC(=O)N(C)C)NCC2CCCOC2C(C)(C)C)cc1. The van der Waals surface area contributed by atoms with Gasteiger partial charge in [-0.05, 0) is 36.0 Å². The van der Waals surface area contributed by atoms with Crippen LogP contribution in [0.1, 0.15) is 39.2 Å². The molecule has 30 heavy (non-hydrogen) atoms. The van der Waals surface area contributed by atoms with Gasteiger partial charge in [0, 0.05) is 33.2 Å². The Morgan fingerprint density at radius 2 is 1.93 bits per heavy atom. The normalized spacial score (nSPS) is 19.9. The molecule has 0 saturated carbocycles. The minimum absolute atomic E-state index is 0.00233. The second kappa shape index (κ2) is 11.2. The Bertz CT molecular complexity index is 695. The van der Waals surface area contributed by atoms with Crippen LogP contribution in [0.5, 0.6) is 5.75 Å². The van der Waals surface area contributed by atoms with E-state index in [1.54, 1.807) is 26.1 Å². The summed E-state index contributed by atoms with van der Waals surface area (Å²) in [5.74, 6) is 1.86. The number of ether oxygens (including phenoxy) is 2. The van der Waals surface area contributed by atoms with Crippen LogP contribution in [-0.4, -0.2) is 63.8 Å². The summed E-state index contributed by atoms with van der Waals surface area (Å²) >= 11 is 0. The van der Waals surface area contributed by atoms with E-state index >= 15 is 0 Å². The molecule has 1 aromatic carbocycles. The average Bonchev–Trinajstić information content (AvgIpc) is 2.72. The van der Waals surface area contributed by atoms with E-state index in [2.05, 4.69) is 31.4 Å². The highest BCUT2D eigenvalue weighted by atomic mass is 16.5. The molecule has 7 heteroatoms. The van der Waals surface area contributed by atoms with E-state index in [9.17, 15) is 4.79 Å². The molecule has 7 nitrogen and oxygen atoms in total. The molecule has 2 N–H and O–H groups in total. The van der Waals surface area contributed by atoms with Gasteiger partial charge in [-0.25, -0.2) is 4.99 Å². The van der Waals surface area contributed by atoms with Gasteiger partial charge in [-0.1, -0.05) is 32.9 Å². The Morgan fingerprint density at radius 3 is 2.53 bits per heavy atom. The number of guanidine groups is 1. The van der Waals surface area contributed by atoms with E-state index in [4.69, 9.17) is 14.5 Å². The maximum absolute atomic E-state index is 12.0. The molecule has 1 aliphatic heterocycles. The lowest BCUT2D eigenvalue weighted by Crippen LogP contribution is -2.48. The Morgan fingerprint density at radius 1 is 1.23 bits per heavy atom. The van der Waals surface area contributed by atoms with Crippen molar-refractivity contribution < 1.29 is 14.3 Å². The fourth-order valence-corrected chi connectivity index (χ4v) is 3.63. The number of hydrogen-bond acceptors (Lipinski definition) is 4. The van der Waals surface area contributed by atoms with Crippen molar-refractivity contribution in [3.05, 3.63) is 29.8 Å². The highest BCUT2D eigenvalue weighted by Crippen LogP contribution is 2.33. The quantitative estimate of drug-likeness (QED) is 0.526. The van der Waals surface area contributed by atoms with Crippen LogP contribution in [0.2, 0.25) is 0 Å². The third kappa shape index (κ3) is 7.52. The summed E-state index contributed by atoms with van der Waals surface area (Å²) in [5.41, 5.74) is 1.16. The van der Waals surface area contributed by atoms with E-state index in [-0.39, 0.29) is 24.0 Å². The van der Waals surface area contributed by atoms with Crippen molar-refractivity contribution in [3.63, 3.8) is 0 Å². The zero-order valence-corrected chi connectivity index (χ0v) is 19.3. The Balaban J connectivity index is 2.04. The molecule has 0 aliphatic carbocycles. The van der Waals surface area contributed by atoms with Gasteiger partial charge in [0.2, 0.25) is 5.91 Å². The van der Waals surface area contributed by atoms with E-state index in [1.165, 1.54) is 0 Å². The lowest BCUT2D eigenvalue weighted by atomic mass is 9.78. The summed E-state index contributed by atoms with van der Waals surface area (Å²) in [7, 11) is 5.15. The van der Waals surface area contributed by atoms with Crippen LogP contribution in [0.3, 0.4) is 0 Å². The van der Waals surface area contributed by atoms with Crippen LogP contribution < -0.4 is 15.4 Å². The third-order valence-corrected chi connectivity index (χ3v) is 5.31. The molecule has 1 aliphatic rings. The van der Waals surface area contributed by atoms with Gasteiger partial charge in [-0.3, -0.25) is 4.79 Å². The summed E-state index contributed by atoms with van der Waals surface area (Å²) in [6.07, 6.45) is 2.39. The summed E-state index contributed by atoms with van der Waals surface area (Å²) in [5, 5.41) is 6.61. The fourth-order valence-electron chi connectivity index (χ4n) is 3.63. The molecular formula is C23H38N4O3. The van der Waals surface area contributed by atoms with Gasteiger partial charge in [0.15, 0.2) is 5.96 Å². The maximum Gasteiger partial charge on any atom is 0.241 e. The molecule has 0 spiro atoms. The molecule has 1 saturated heterocycles. The summed E-state index contributed by atoms with van der Waals surface area (Å²) < 4.78 is 11.3. The molecule has 1 fully saturated rings. The summed E-state index contributed by atoms with van der Waals surface area (Å²) in [6, 6.07) is 7.84. The number of rotatable bonds is 7. The number of amides is 1. The predicted molar refractivity (Wildman–Crippen MR) is 121 cm³/mol. The number of aliphatic imine (C=N–C) groups is 1. The standard InChI is InChI=1S/C23H38N4O3/c1-23(2,3)21-18(8-7-13-30-21)15-25-22(26-16-20(28)27(4)5)24-14-17-9-11-19(29-6)12-10-17/h9-12,18,21H,7-8,13-16H2,1-6H3,(H2,24,25,26). The van der Waals surface area contributed by atoms with Crippen molar-refractivity contribution in [2.45, 2.75) is 46.3 Å². The van der Waals surface area contributed by atoms with Crippen LogP contribution in [0.15, 0.2) is 29.3 Å². The van der Waals surface area contributed by atoms with Gasteiger partial charge in [0.1, 0.15) is 5.75 Å². The van der Waals surface area contributed by atoms with E-state index < -0.39 is 0 Å².